The van der Waals surface area contributed by atoms with Crippen molar-refractivity contribution in [2.45, 2.75) is 32.4 Å². The van der Waals surface area contributed by atoms with Gasteiger partial charge in [-0.2, -0.15) is 0 Å². The molecule has 1 aliphatic heterocycles. The molecule has 2 aromatic rings. The van der Waals surface area contributed by atoms with Crippen LogP contribution in [0, 0.1) is 0 Å². The topological polar surface area (TPSA) is 73.9 Å². The lowest BCUT2D eigenvalue weighted by molar-refractivity contribution is -0.145. The lowest BCUT2D eigenvalue weighted by Gasteiger charge is -2.18. The smallest absolute Gasteiger partial charge is 0.308 e. The average molecular weight is 404 g/mol. The second-order valence-electron chi connectivity index (χ2n) is 6.48. The molecule has 0 aliphatic carbocycles. The number of amides is 1. The van der Waals surface area contributed by atoms with Crippen LogP contribution in [0.5, 0.6) is 11.5 Å². The van der Waals surface area contributed by atoms with Crippen molar-refractivity contribution >= 4 is 23.5 Å². The minimum absolute atomic E-state index is 0.0296. The fourth-order valence-corrected chi connectivity index (χ4v) is 3.23. The second-order valence-corrected chi connectivity index (χ2v) is 6.89. The van der Waals surface area contributed by atoms with E-state index in [4.69, 9.17) is 25.8 Å². The van der Waals surface area contributed by atoms with Crippen LogP contribution < -0.4 is 14.8 Å². The molecule has 1 heterocycles. The molecule has 1 aliphatic rings. The number of ether oxygens (including phenoxy) is 3. The van der Waals surface area contributed by atoms with Gasteiger partial charge in [0.2, 0.25) is 5.91 Å². The predicted octanol–water partition coefficient (Wildman–Crippen LogP) is 3.81. The van der Waals surface area contributed by atoms with Crippen LogP contribution in [0.3, 0.4) is 0 Å². The van der Waals surface area contributed by atoms with E-state index in [0.29, 0.717) is 35.3 Å². The fraction of sp³-hybridized carbons (Fsp3) is 0.333. The van der Waals surface area contributed by atoms with E-state index in [1.807, 2.05) is 30.3 Å². The van der Waals surface area contributed by atoms with Gasteiger partial charge in [0.1, 0.15) is 6.61 Å². The highest BCUT2D eigenvalue weighted by Gasteiger charge is 2.19. The second kappa shape index (κ2) is 9.46. The summed E-state index contributed by atoms with van der Waals surface area (Å²) in [5, 5.41) is 3.21. The molecule has 0 radical (unpaired) electrons. The summed E-state index contributed by atoms with van der Waals surface area (Å²) in [6.07, 6.45) is 0.807. The standard InChI is InChI=1S/C21H22ClNO5/c1-14(24)23-18(16-6-3-2-4-7-16)12-20(25)28-13-15-10-17(22)21-19(11-15)26-8-5-9-27-21/h2-4,6-7,10-11,18H,5,8-9,12-13H2,1H3,(H,23,24)/t18-/m0/s1. The number of benzene rings is 2. The zero-order chi connectivity index (χ0) is 19.9. The van der Waals surface area contributed by atoms with Crippen molar-refractivity contribution in [3.05, 3.63) is 58.6 Å². The summed E-state index contributed by atoms with van der Waals surface area (Å²) in [7, 11) is 0. The van der Waals surface area contributed by atoms with Gasteiger partial charge >= 0.3 is 5.97 Å². The normalized spacial score (nSPS) is 13.9. The largest absolute Gasteiger partial charge is 0.489 e. The van der Waals surface area contributed by atoms with Crippen molar-refractivity contribution in [2.24, 2.45) is 0 Å². The number of nitrogens with one attached hydrogen (secondary N) is 1. The lowest BCUT2D eigenvalue weighted by Crippen LogP contribution is -2.28. The zero-order valence-electron chi connectivity index (χ0n) is 15.6. The van der Waals surface area contributed by atoms with Crippen LogP contribution in [0.15, 0.2) is 42.5 Å². The Hall–Kier alpha value is -2.73. The number of carbonyl (C=O) groups excluding carboxylic acids is 2. The molecule has 0 saturated carbocycles. The Balaban J connectivity index is 1.63. The van der Waals surface area contributed by atoms with Gasteiger partial charge in [-0.05, 0) is 23.3 Å². The van der Waals surface area contributed by atoms with Crippen LogP contribution in [0.25, 0.3) is 0 Å². The first-order chi connectivity index (χ1) is 13.5. The predicted molar refractivity (Wildman–Crippen MR) is 104 cm³/mol. The molecule has 0 unspecified atom stereocenters. The van der Waals surface area contributed by atoms with Crippen LogP contribution >= 0.6 is 11.6 Å². The first-order valence-corrected chi connectivity index (χ1v) is 9.46. The molecule has 0 aromatic heterocycles. The first kappa shape index (κ1) is 20.0. The van der Waals surface area contributed by atoms with Gasteiger partial charge in [0.25, 0.3) is 0 Å². The van der Waals surface area contributed by atoms with Crippen molar-refractivity contribution in [3.8, 4) is 11.5 Å². The third-order valence-electron chi connectivity index (χ3n) is 4.21. The van der Waals surface area contributed by atoms with Crippen molar-refractivity contribution in [2.75, 3.05) is 13.2 Å². The SMILES string of the molecule is CC(=O)N[C@@H](CC(=O)OCc1cc(Cl)c2c(c1)OCCCO2)c1ccccc1. The molecule has 3 rings (SSSR count). The summed E-state index contributed by atoms with van der Waals surface area (Å²) >= 11 is 6.26. The molecular formula is C21H22ClNO5. The van der Waals surface area contributed by atoms with E-state index in [1.165, 1.54) is 6.92 Å². The maximum atomic E-state index is 12.3. The van der Waals surface area contributed by atoms with Crippen molar-refractivity contribution in [1.82, 2.24) is 5.32 Å². The van der Waals surface area contributed by atoms with Gasteiger partial charge < -0.3 is 19.5 Å². The van der Waals surface area contributed by atoms with E-state index in [0.717, 1.165) is 12.0 Å². The van der Waals surface area contributed by atoms with E-state index in [1.54, 1.807) is 12.1 Å². The van der Waals surface area contributed by atoms with E-state index in [9.17, 15) is 9.59 Å². The highest BCUT2D eigenvalue weighted by atomic mass is 35.5. The van der Waals surface area contributed by atoms with Gasteiger partial charge in [-0.25, -0.2) is 0 Å². The molecule has 7 heteroatoms. The highest BCUT2D eigenvalue weighted by molar-refractivity contribution is 6.32. The Kier molecular flexibility index (Phi) is 6.76. The zero-order valence-corrected chi connectivity index (χ0v) is 16.3. The van der Waals surface area contributed by atoms with Gasteiger partial charge in [-0.1, -0.05) is 41.9 Å². The molecule has 1 N–H and O–H groups in total. The fourth-order valence-electron chi connectivity index (χ4n) is 2.94. The maximum Gasteiger partial charge on any atom is 0.308 e. The van der Waals surface area contributed by atoms with E-state index < -0.39 is 12.0 Å². The van der Waals surface area contributed by atoms with Crippen molar-refractivity contribution in [1.29, 1.82) is 0 Å². The summed E-state index contributed by atoms with van der Waals surface area (Å²) in [4.78, 5) is 23.8. The number of esters is 1. The van der Waals surface area contributed by atoms with Crippen LogP contribution in [0.1, 0.15) is 36.9 Å². The third kappa shape index (κ3) is 5.39. The number of fused-ring (bicyclic) bond motifs is 1. The number of hydrogen-bond donors (Lipinski definition) is 1. The molecule has 1 amide bonds. The Morgan fingerprint density at radius 2 is 1.93 bits per heavy atom. The summed E-state index contributed by atoms with van der Waals surface area (Å²) in [5.41, 5.74) is 1.55. The summed E-state index contributed by atoms with van der Waals surface area (Å²) in [5.74, 6) is 0.433. The summed E-state index contributed by atoms with van der Waals surface area (Å²) < 4.78 is 16.6. The average Bonchev–Trinajstić information content (AvgIpc) is 2.92. The van der Waals surface area contributed by atoms with Gasteiger partial charge in [0, 0.05) is 13.3 Å². The van der Waals surface area contributed by atoms with E-state index in [2.05, 4.69) is 5.32 Å². The van der Waals surface area contributed by atoms with Crippen molar-refractivity contribution < 1.29 is 23.8 Å². The van der Waals surface area contributed by atoms with Gasteiger partial charge in [-0.3, -0.25) is 9.59 Å². The van der Waals surface area contributed by atoms with Crippen LogP contribution in [-0.4, -0.2) is 25.1 Å². The van der Waals surface area contributed by atoms with Gasteiger partial charge in [0.05, 0.1) is 30.7 Å². The molecule has 28 heavy (non-hydrogen) atoms. The van der Waals surface area contributed by atoms with Crippen LogP contribution in [0.2, 0.25) is 5.02 Å². The molecule has 148 valence electrons. The van der Waals surface area contributed by atoms with Crippen LogP contribution in [-0.2, 0) is 20.9 Å². The molecular weight excluding hydrogens is 382 g/mol. The maximum absolute atomic E-state index is 12.3. The minimum Gasteiger partial charge on any atom is -0.489 e. The molecule has 6 nitrogen and oxygen atoms in total. The van der Waals surface area contributed by atoms with Gasteiger partial charge in [-0.15, -0.1) is 0 Å². The van der Waals surface area contributed by atoms with E-state index >= 15 is 0 Å². The third-order valence-corrected chi connectivity index (χ3v) is 4.49. The Labute approximate surface area is 168 Å². The van der Waals surface area contributed by atoms with Crippen LogP contribution in [0.4, 0.5) is 0 Å². The Morgan fingerprint density at radius 1 is 1.18 bits per heavy atom. The number of rotatable bonds is 6. The van der Waals surface area contributed by atoms with Gasteiger partial charge in [0.15, 0.2) is 11.5 Å². The quantitative estimate of drug-likeness (QED) is 0.742. The molecule has 1 atom stereocenters. The molecule has 2 aromatic carbocycles. The summed E-state index contributed by atoms with van der Waals surface area (Å²) in [6.45, 7) is 2.56. The molecule has 0 saturated heterocycles. The first-order valence-electron chi connectivity index (χ1n) is 9.08. The Bertz CT molecular complexity index is 840. The number of halogens is 1. The molecule has 0 spiro atoms. The summed E-state index contributed by atoms with van der Waals surface area (Å²) in [6, 6.07) is 12.3. The molecule has 0 bridgehead atoms. The minimum atomic E-state index is -0.446. The highest BCUT2D eigenvalue weighted by Crippen LogP contribution is 2.38. The Morgan fingerprint density at radius 3 is 2.68 bits per heavy atom. The lowest BCUT2D eigenvalue weighted by atomic mass is 10.0. The monoisotopic (exact) mass is 403 g/mol. The number of hydrogen-bond acceptors (Lipinski definition) is 5. The molecule has 0 fully saturated rings. The van der Waals surface area contributed by atoms with E-state index in [-0.39, 0.29) is 18.9 Å². The number of carbonyl (C=O) groups is 2. The van der Waals surface area contributed by atoms with Crippen molar-refractivity contribution in [3.63, 3.8) is 0 Å².